The zero-order valence-corrected chi connectivity index (χ0v) is 16.7. The van der Waals surface area contributed by atoms with Crippen molar-refractivity contribution in [1.29, 1.82) is 0 Å². The van der Waals surface area contributed by atoms with Crippen molar-refractivity contribution in [2.24, 2.45) is 0 Å². The van der Waals surface area contributed by atoms with E-state index >= 15 is 0 Å². The summed E-state index contributed by atoms with van der Waals surface area (Å²) in [6.45, 7) is 8.91. The zero-order valence-electron chi connectivity index (χ0n) is 12.2. The van der Waals surface area contributed by atoms with E-state index in [0.717, 1.165) is 0 Å². The predicted molar refractivity (Wildman–Crippen MR) is 81.2 cm³/mol. The molecule has 0 heterocycles. The second-order valence-corrected chi connectivity index (χ2v) is 14.1. The van der Waals surface area contributed by atoms with Gasteiger partial charge in [0.05, 0.1) is 8.60 Å². The summed E-state index contributed by atoms with van der Waals surface area (Å²) < 4.78 is 11.9. The maximum atomic E-state index is 10.3. The Morgan fingerprint density at radius 3 is 1.61 bits per heavy atom. The van der Waals surface area contributed by atoms with E-state index in [1.165, 1.54) is 34.6 Å². The molecule has 0 atom stereocenters. The maximum Gasteiger partial charge on any atom is 0.0828 e. The van der Waals surface area contributed by atoms with Crippen molar-refractivity contribution in [2.75, 3.05) is 13.2 Å². The molecule has 0 aliphatic rings. The normalized spacial score (nSPS) is 10.2. The number of hydrogen-bond donors (Lipinski definition) is 0. The molecule has 0 aromatic rings. The van der Waals surface area contributed by atoms with Crippen LogP contribution in [0.15, 0.2) is 0 Å². The summed E-state index contributed by atoms with van der Waals surface area (Å²) in [7, 11) is 4.40. The van der Waals surface area contributed by atoms with Gasteiger partial charge in [0, 0.05) is 13.2 Å². The Labute approximate surface area is 125 Å². The van der Waals surface area contributed by atoms with E-state index in [1.807, 2.05) is 0 Å². The Morgan fingerprint density at radius 1 is 0.944 bits per heavy atom. The molecule has 18 heavy (non-hydrogen) atoms. The summed E-state index contributed by atoms with van der Waals surface area (Å²) in [5, 5.41) is 0. The van der Waals surface area contributed by atoms with Crippen molar-refractivity contribution in [2.45, 2.75) is 62.3 Å². The van der Waals surface area contributed by atoms with Crippen LogP contribution in [0.5, 0.6) is 0 Å². The monoisotopic (exact) mass is 406 g/mol. The van der Waals surface area contributed by atoms with Gasteiger partial charge in [0.25, 0.3) is 0 Å². The third kappa shape index (κ3) is 19.7. The fourth-order valence-electron chi connectivity index (χ4n) is 1.11. The van der Waals surface area contributed by atoms with Gasteiger partial charge in [0.15, 0.2) is 0 Å². The van der Waals surface area contributed by atoms with E-state index in [4.69, 9.17) is 8.92 Å². The molecule has 0 spiro atoms. The molecule has 0 bridgehead atoms. The topological polar surface area (TPSA) is 41.5 Å². The molecule has 0 N–H and O–H groups in total. The van der Waals surface area contributed by atoms with Crippen LogP contribution in [0.3, 0.4) is 0 Å². The summed E-state index contributed by atoms with van der Waals surface area (Å²) in [6, 6.07) is 0. The summed E-state index contributed by atoms with van der Waals surface area (Å²) in [4.78, 5) is 10.3. The minimum atomic E-state index is -1.83. The van der Waals surface area contributed by atoms with Crippen molar-refractivity contribution in [1.82, 2.24) is 0 Å². The molecular weight excluding hydrogens is 377 g/mol. The van der Waals surface area contributed by atoms with Crippen LogP contribution in [0.2, 0.25) is 8.87 Å². The van der Waals surface area contributed by atoms with Crippen LogP contribution in [0.1, 0.15) is 53.4 Å². The van der Waals surface area contributed by atoms with Gasteiger partial charge in [-0.25, -0.2) is 0 Å². The molecule has 0 aliphatic carbocycles. The van der Waals surface area contributed by atoms with Gasteiger partial charge < -0.3 is 13.9 Å². The molecule has 0 aliphatic heterocycles. The van der Waals surface area contributed by atoms with Crippen LogP contribution in [-0.2, 0) is 9.05 Å². The van der Waals surface area contributed by atoms with Crippen LogP contribution in [0.4, 0.5) is 0 Å². The molecule has 6 heteroatoms. The van der Waals surface area contributed by atoms with E-state index in [2.05, 4.69) is 22.9 Å². The van der Waals surface area contributed by atoms with E-state index < -0.39 is 27.2 Å². The van der Waals surface area contributed by atoms with Crippen LogP contribution in [-0.4, -0.2) is 31.8 Å². The maximum absolute atomic E-state index is 10.3. The van der Waals surface area contributed by atoms with E-state index in [0.29, 0.717) is 13.2 Å². The number of halogens is 1. The molecule has 0 amide bonds. The molecule has 110 valence electrons. The Morgan fingerprint density at radius 2 is 1.33 bits per heavy atom. The Kier molecular flexibility index (Phi) is 22.2. The first-order valence-corrected chi connectivity index (χ1v) is 15.6. The summed E-state index contributed by atoms with van der Waals surface area (Å²) in [6.07, 6.45) is 5.40. The molecular formula is C12H28ClO3PSn. The fraction of sp³-hybridized carbons (Fsp3) is 1.00. The molecule has 0 aromatic carbocycles. The molecule has 3 nitrogen and oxygen atoms in total. The predicted octanol–water partition coefficient (Wildman–Crippen LogP) is 4.46. The Hall–Kier alpha value is 1.40. The average molecular weight is 405 g/mol. The smallest absolute Gasteiger partial charge is 0.0828 e. The van der Waals surface area contributed by atoms with Crippen molar-refractivity contribution < 1.29 is 13.9 Å². The van der Waals surface area contributed by atoms with Crippen molar-refractivity contribution >= 4 is 36.2 Å². The van der Waals surface area contributed by atoms with Gasteiger partial charge in [-0.15, -0.1) is 0 Å². The van der Waals surface area contributed by atoms with Gasteiger partial charge in [-0.05, 0) is 13.8 Å². The number of unbranched alkanes of at least 4 members (excludes halogenated alkanes) is 2. The molecule has 0 rings (SSSR count). The van der Waals surface area contributed by atoms with Gasteiger partial charge in [-0.2, -0.15) is 0 Å². The average Bonchev–Trinajstić information content (AvgIpc) is 2.35. The van der Waals surface area contributed by atoms with Crippen LogP contribution >= 0.6 is 17.5 Å². The third-order valence-electron chi connectivity index (χ3n) is 2.07. The van der Waals surface area contributed by atoms with Gasteiger partial charge in [-0.1, -0.05) is 0 Å². The first kappa shape index (κ1) is 21.7. The van der Waals surface area contributed by atoms with E-state index in [-0.39, 0.29) is 0 Å². The molecule has 0 saturated carbocycles. The SMILES string of the molecule is CCC[CH2][Sn+]([Cl])[CH2]CCC.CCOP([O-])OCC. The van der Waals surface area contributed by atoms with Gasteiger partial charge >= 0.3 is 76.0 Å². The number of rotatable bonds is 10. The molecule has 0 saturated heterocycles. The Bertz CT molecular complexity index is 141. The second kappa shape index (κ2) is 18.4. The van der Waals surface area contributed by atoms with Gasteiger partial charge in [0.2, 0.25) is 0 Å². The second-order valence-electron chi connectivity index (χ2n) is 3.78. The largest absolute Gasteiger partial charge is 0.786 e. The first-order valence-electron chi connectivity index (χ1n) is 6.85. The summed E-state index contributed by atoms with van der Waals surface area (Å²) in [5.41, 5.74) is 0. The number of hydrogen-bond acceptors (Lipinski definition) is 3. The summed E-state index contributed by atoms with van der Waals surface area (Å²) in [5.74, 6) is 0. The van der Waals surface area contributed by atoms with Crippen molar-refractivity contribution in [3.63, 3.8) is 0 Å². The van der Waals surface area contributed by atoms with E-state index in [1.54, 1.807) is 13.8 Å². The van der Waals surface area contributed by atoms with Crippen LogP contribution in [0.25, 0.3) is 0 Å². The molecule has 0 radical (unpaired) electrons. The van der Waals surface area contributed by atoms with E-state index in [9.17, 15) is 4.89 Å². The van der Waals surface area contributed by atoms with Crippen LogP contribution < -0.4 is 4.89 Å². The minimum absolute atomic E-state index is 0.440. The quantitative estimate of drug-likeness (QED) is 0.398. The van der Waals surface area contributed by atoms with Crippen molar-refractivity contribution in [3.05, 3.63) is 0 Å². The fourth-order valence-corrected chi connectivity index (χ4v) is 8.32. The van der Waals surface area contributed by atoms with Gasteiger partial charge in [0.1, 0.15) is 0 Å². The first-order chi connectivity index (χ1) is 8.62. The minimum Gasteiger partial charge on any atom is -0.786 e. The van der Waals surface area contributed by atoms with Crippen molar-refractivity contribution in [3.8, 4) is 0 Å². The standard InChI is InChI=1S/C4H10O3P.2C4H9.ClH.Sn/c1-3-6-8(5)7-4-2;2*1-3-4-2;;/h3-4H2,1-2H3;2*1,3-4H2,2H3;1H;/q-1;;;;+2/p-1. The molecule has 0 fully saturated rings. The zero-order chi connectivity index (χ0) is 14.2. The third-order valence-corrected chi connectivity index (χ3v) is 10.7. The molecule has 0 unspecified atom stereocenters. The van der Waals surface area contributed by atoms with Crippen LogP contribution in [0, 0.1) is 0 Å². The Balaban J connectivity index is 0. The summed E-state index contributed by atoms with van der Waals surface area (Å²) >= 11 is -1.27. The van der Waals surface area contributed by atoms with Gasteiger partial charge in [-0.3, -0.25) is 0 Å². The molecule has 0 aromatic heterocycles.